The molecule has 1 saturated heterocycles. The van der Waals surface area contributed by atoms with E-state index < -0.39 is 11.7 Å². The van der Waals surface area contributed by atoms with E-state index in [4.69, 9.17) is 9.72 Å². The first-order valence-electron chi connectivity index (χ1n) is 11.5. The van der Waals surface area contributed by atoms with Gasteiger partial charge >= 0.3 is 0 Å². The van der Waals surface area contributed by atoms with E-state index in [1.165, 1.54) is 18.2 Å². The van der Waals surface area contributed by atoms with E-state index in [1.807, 2.05) is 18.2 Å². The van der Waals surface area contributed by atoms with Crippen LogP contribution in [0.4, 0.5) is 10.1 Å². The van der Waals surface area contributed by atoms with Crippen molar-refractivity contribution in [2.45, 2.75) is 18.8 Å². The van der Waals surface area contributed by atoms with Crippen LogP contribution in [0.2, 0.25) is 0 Å². The Hall–Kier alpha value is -4.17. The highest BCUT2D eigenvalue weighted by Crippen LogP contribution is 2.30. The van der Waals surface area contributed by atoms with Crippen LogP contribution in [0, 0.1) is 5.82 Å². The summed E-state index contributed by atoms with van der Waals surface area (Å²) in [6.45, 7) is 1.87. The predicted molar refractivity (Wildman–Crippen MR) is 131 cm³/mol. The Bertz CT molecular complexity index is 1330. The van der Waals surface area contributed by atoms with Crippen LogP contribution in [0.25, 0.3) is 11.4 Å². The third-order valence-corrected chi connectivity index (χ3v) is 5.78. The molecule has 1 amide bonds. The second kappa shape index (κ2) is 10.4. The van der Waals surface area contributed by atoms with Gasteiger partial charge in [-0.3, -0.25) is 9.78 Å². The zero-order chi connectivity index (χ0) is 24.0. The van der Waals surface area contributed by atoms with Gasteiger partial charge in [-0.2, -0.15) is 4.98 Å². The number of hydrogen-bond donors (Lipinski definition) is 2. The van der Waals surface area contributed by atoms with Crippen molar-refractivity contribution in [1.29, 1.82) is 0 Å². The molecule has 0 radical (unpaired) electrons. The Morgan fingerprint density at radius 2 is 1.89 bits per heavy atom. The molecule has 2 aromatic heterocycles. The number of halogens is 1. The molecule has 2 N–H and O–H groups in total. The molecule has 3 heterocycles. The molecule has 0 aliphatic carbocycles. The van der Waals surface area contributed by atoms with Crippen LogP contribution in [0.15, 0.2) is 79.1 Å². The third-order valence-electron chi connectivity index (χ3n) is 5.78. The van der Waals surface area contributed by atoms with E-state index in [1.54, 1.807) is 42.7 Å². The van der Waals surface area contributed by atoms with Gasteiger partial charge in [-0.15, -0.1) is 0 Å². The fraction of sp³-hybridized carbons (Fsp3) is 0.185. The van der Waals surface area contributed by atoms with Gasteiger partial charge in [-0.25, -0.2) is 9.37 Å². The summed E-state index contributed by atoms with van der Waals surface area (Å²) >= 11 is 0. The van der Waals surface area contributed by atoms with Crippen molar-refractivity contribution in [3.8, 4) is 23.0 Å². The maximum atomic E-state index is 13.5. The molecule has 5 rings (SSSR count). The van der Waals surface area contributed by atoms with Crippen molar-refractivity contribution in [2.75, 3.05) is 18.4 Å². The van der Waals surface area contributed by atoms with E-state index >= 15 is 0 Å². The zero-order valence-electron chi connectivity index (χ0n) is 18.9. The van der Waals surface area contributed by atoms with Crippen molar-refractivity contribution < 1.29 is 13.9 Å². The van der Waals surface area contributed by atoms with Crippen molar-refractivity contribution in [3.05, 3.63) is 96.2 Å². The number of ether oxygens (including phenoxy) is 1. The van der Waals surface area contributed by atoms with Crippen molar-refractivity contribution >= 4 is 11.6 Å². The van der Waals surface area contributed by atoms with E-state index in [0.29, 0.717) is 23.1 Å². The Morgan fingerprint density at radius 3 is 2.69 bits per heavy atom. The van der Waals surface area contributed by atoms with Crippen LogP contribution in [0.1, 0.15) is 34.8 Å². The monoisotopic (exact) mass is 469 g/mol. The molecule has 8 heteroatoms. The van der Waals surface area contributed by atoms with Gasteiger partial charge in [0.25, 0.3) is 5.91 Å². The average Bonchev–Trinajstić information content (AvgIpc) is 2.90. The number of carbonyl (C=O) groups is 1. The van der Waals surface area contributed by atoms with Gasteiger partial charge in [0.05, 0.1) is 5.69 Å². The first-order valence-corrected chi connectivity index (χ1v) is 11.5. The molecule has 1 aliphatic rings. The lowest BCUT2D eigenvalue weighted by Gasteiger charge is -2.23. The highest BCUT2D eigenvalue weighted by Gasteiger charge is 2.20. The fourth-order valence-corrected chi connectivity index (χ4v) is 4.03. The second-order valence-electron chi connectivity index (χ2n) is 8.33. The van der Waals surface area contributed by atoms with Gasteiger partial charge in [0.15, 0.2) is 5.82 Å². The van der Waals surface area contributed by atoms with Gasteiger partial charge in [-0.05, 0) is 61.9 Å². The minimum atomic E-state index is -0.465. The van der Waals surface area contributed by atoms with Gasteiger partial charge in [0, 0.05) is 53.8 Å². The summed E-state index contributed by atoms with van der Waals surface area (Å²) in [5, 5.41) is 6.21. The number of benzene rings is 2. The molecule has 7 nitrogen and oxygen atoms in total. The van der Waals surface area contributed by atoms with E-state index in [2.05, 4.69) is 20.6 Å². The minimum absolute atomic E-state index is 0.236. The lowest BCUT2D eigenvalue weighted by Crippen LogP contribution is -2.29. The third kappa shape index (κ3) is 5.67. The Morgan fingerprint density at radius 1 is 1.03 bits per heavy atom. The first-order chi connectivity index (χ1) is 17.1. The van der Waals surface area contributed by atoms with Gasteiger partial charge in [0.2, 0.25) is 5.88 Å². The standard InChI is InChI=1S/C27H24FN5O2/c28-21-6-1-4-19(14-21)27(34)31-22-7-2-8-23(15-22)35-25-16-24(20-5-3-11-30-17-20)32-26(33-25)18-9-12-29-13-10-18/h1-2,4,6-10,12-16,20,30H,3,5,11,17H2,(H,31,34). The number of hydrogen-bond acceptors (Lipinski definition) is 6. The first kappa shape index (κ1) is 22.6. The molecule has 176 valence electrons. The van der Waals surface area contributed by atoms with E-state index in [-0.39, 0.29) is 11.5 Å². The minimum Gasteiger partial charge on any atom is -0.439 e. The largest absolute Gasteiger partial charge is 0.439 e. The number of carbonyl (C=O) groups excluding carboxylic acids is 1. The maximum absolute atomic E-state index is 13.5. The van der Waals surface area contributed by atoms with Crippen LogP contribution < -0.4 is 15.4 Å². The average molecular weight is 470 g/mol. The van der Waals surface area contributed by atoms with Crippen LogP contribution in [-0.4, -0.2) is 33.9 Å². The summed E-state index contributed by atoms with van der Waals surface area (Å²) < 4.78 is 19.6. The number of nitrogens with zero attached hydrogens (tertiary/aromatic N) is 3. The van der Waals surface area contributed by atoms with Gasteiger partial charge in [0.1, 0.15) is 11.6 Å². The number of anilines is 1. The smallest absolute Gasteiger partial charge is 0.255 e. The molecule has 2 aromatic carbocycles. The molecule has 1 fully saturated rings. The van der Waals surface area contributed by atoms with Crippen LogP contribution in [-0.2, 0) is 0 Å². The lowest BCUT2D eigenvalue weighted by molar-refractivity contribution is 0.102. The predicted octanol–water partition coefficient (Wildman–Crippen LogP) is 5.19. The molecule has 1 atom stereocenters. The maximum Gasteiger partial charge on any atom is 0.255 e. The molecular weight excluding hydrogens is 445 g/mol. The molecule has 0 saturated carbocycles. The number of nitrogens with one attached hydrogen (secondary N) is 2. The number of pyridine rings is 1. The topological polar surface area (TPSA) is 89.0 Å². The van der Waals surface area contributed by atoms with Crippen molar-refractivity contribution in [2.24, 2.45) is 0 Å². The Balaban J connectivity index is 1.40. The summed E-state index contributed by atoms with van der Waals surface area (Å²) in [6.07, 6.45) is 5.54. The Labute approximate surface area is 202 Å². The zero-order valence-corrected chi connectivity index (χ0v) is 18.9. The molecular formula is C27H24FN5O2. The normalized spacial score (nSPS) is 15.4. The van der Waals surface area contributed by atoms with Crippen LogP contribution in [0.5, 0.6) is 11.6 Å². The highest BCUT2D eigenvalue weighted by molar-refractivity contribution is 6.04. The summed E-state index contributed by atoms with van der Waals surface area (Å²) in [7, 11) is 0. The van der Waals surface area contributed by atoms with Crippen LogP contribution >= 0.6 is 0 Å². The molecule has 0 bridgehead atoms. The van der Waals surface area contributed by atoms with Gasteiger partial charge < -0.3 is 15.4 Å². The number of rotatable bonds is 6. The molecule has 1 unspecified atom stereocenters. The van der Waals surface area contributed by atoms with Crippen molar-refractivity contribution in [1.82, 2.24) is 20.3 Å². The van der Waals surface area contributed by atoms with Gasteiger partial charge in [-0.1, -0.05) is 12.1 Å². The number of aromatic nitrogens is 3. The summed E-state index contributed by atoms with van der Waals surface area (Å²) in [4.78, 5) is 26.0. The highest BCUT2D eigenvalue weighted by atomic mass is 19.1. The summed E-state index contributed by atoms with van der Waals surface area (Å²) in [5.41, 5.74) is 2.54. The SMILES string of the molecule is O=C(Nc1cccc(Oc2cc(C3CCCNC3)nc(-c3ccncc3)n2)c1)c1cccc(F)c1. The molecule has 1 aliphatic heterocycles. The second-order valence-corrected chi connectivity index (χ2v) is 8.33. The summed E-state index contributed by atoms with van der Waals surface area (Å²) in [6, 6.07) is 18.2. The summed E-state index contributed by atoms with van der Waals surface area (Å²) in [5.74, 6) is 0.894. The van der Waals surface area contributed by atoms with E-state index in [0.717, 1.165) is 37.2 Å². The van der Waals surface area contributed by atoms with Crippen LogP contribution in [0.3, 0.4) is 0 Å². The Kier molecular flexibility index (Phi) is 6.72. The number of amides is 1. The molecule has 4 aromatic rings. The number of piperidine rings is 1. The molecule has 35 heavy (non-hydrogen) atoms. The molecule has 0 spiro atoms. The van der Waals surface area contributed by atoms with E-state index in [9.17, 15) is 9.18 Å². The van der Waals surface area contributed by atoms with Crippen molar-refractivity contribution in [3.63, 3.8) is 0 Å². The lowest BCUT2D eigenvalue weighted by atomic mass is 9.96. The fourth-order valence-electron chi connectivity index (χ4n) is 4.03. The quantitative estimate of drug-likeness (QED) is 0.404.